The van der Waals surface area contributed by atoms with Crippen LogP contribution in [0.2, 0.25) is 0 Å². The SMILES string of the molecule is Cc1sc(NC(=O)CSc2ccc(NC(=O)CC(C)(C)C)cc2)nc1-c1ccccc1. The zero-order valence-electron chi connectivity index (χ0n) is 18.2. The van der Waals surface area contributed by atoms with Gasteiger partial charge < -0.3 is 10.6 Å². The van der Waals surface area contributed by atoms with E-state index in [1.165, 1.54) is 23.1 Å². The number of thioether (sulfide) groups is 1. The summed E-state index contributed by atoms with van der Waals surface area (Å²) in [6.45, 7) is 8.11. The first-order valence-corrected chi connectivity index (χ1v) is 11.9. The maximum absolute atomic E-state index is 12.4. The molecule has 2 amide bonds. The highest BCUT2D eigenvalue weighted by Crippen LogP contribution is 2.30. The van der Waals surface area contributed by atoms with Gasteiger partial charge in [-0.25, -0.2) is 4.98 Å². The van der Waals surface area contributed by atoms with Crippen LogP contribution in [0.15, 0.2) is 59.5 Å². The van der Waals surface area contributed by atoms with Gasteiger partial charge in [-0.15, -0.1) is 23.1 Å². The molecule has 0 aliphatic carbocycles. The summed E-state index contributed by atoms with van der Waals surface area (Å²) in [6.07, 6.45) is 0.464. The molecule has 0 spiro atoms. The van der Waals surface area contributed by atoms with Crippen LogP contribution in [0.4, 0.5) is 10.8 Å². The van der Waals surface area contributed by atoms with Crippen LogP contribution in [0, 0.1) is 12.3 Å². The van der Waals surface area contributed by atoms with Crippen LogP contribution in [0.25, 0.3) is 11.3 Å². The molecule has 1 aromatic heterocycles. The Morgan fingerprint density at radius 1 is 0.968 bits per heavy atom. The summed E-state index contributed by atoms with van der Waals surface area (Å²) in [5, 5.41) is 6.41. The molecular formula is C24H27N3O2S2. The second-order valence-corrected chi connectivity index (χ2v) is 10.7. The Bertz CT molecular complexity index is 1040. The molecule has 0 aliphatic heterocycles. The van der Waals surface area contributed by atoms with E-state index in [-0.39, 0.29) is 23.0 Å². The minimum Gasteiger partial charge on any atom is -0.326 e. The third-order valence-electron chi connectivity index (χ3n) is 4.29. The number of nitrogens with one attached hydrogen (secondary N) is 2. The highest BCUT2D eigenvalue weighted by atomic mass is 32.2. The second-order valence-electron chi connectivity index (χ2n) is 8.44. The van der Waals surface area contributed by atoms with Crippen LogP contribution >= 0.6 is 23.1 Å². The van der Waals surface area contributed by atoms with Gasteiger partial charge in [0, 0.05) is 27.4 Å². The third-order valence-corrected chi connectivity index (χ3v) is 6.19. The number of carbonyl (C=O) groups is 2. The molecule has 3 rings (SSSR count). The van der Waals surface area contributed by atoms with Crippen molar-refractivity contribution >= 4 is 45.7 Å². The van der Waals surface area contributed by atoms with E-state index in [2.05, 4.69) is 15.6 Å². The first-order chi connectivity index (χ1) is 14.7. The number of anilines is 2. The van der Waals surface area contributed by atoms with Gasteiger partial charge in [0.25, 0.3) is 0 Å². The van der Waals surface area contributed by atoms with Gasteiger partial charge in [0.2, 0.25) is 11.8 Å². The van der Waals surface area contributed by atoms with Crippen LogP contribution in [-0.4, -0.2) is 22.6 Å². The minimum absolute atomic E-state index is 0.000828. The topological polar surface area (TPSA) is 71.1 Å². The zero-order valence-corrected chi connectivity index (χ0v) is 19.8. The highest BCUT2D eigenvalue weighted by Gasteiger charge is 2.16. The number of amides is 2. The Labute approximate surface area is 191 Å². The lowest BCUT2D eigenvalue weighted by Gasteiger charge is -2.17. The van der Waals surface area contributed by atoms with E-state index in [4.69, 9.17) is 0 Å². The van der Waals surface area contributed by atoms with Gasteiger partial charge in [0.15, 0.2) is 5.13 Å². The van der Waals surface area contributed by atoms with Crippen molar-refractivity contribution in [1.82, 2.24) is 4.98 Å². The molecule has 7 heteroatoms. The quantitative estimate of drug-likeness (QED) is 0.416. The van der Waals surface area contributed by atoms with E-state index in [1.54, 1.807) is 0 Å². The molecule has 0 atom stereocenters. The van der Waals surface area contributed by atoms with Crippen LogP contribution in [-0.2, 0) is 9.59 Å². The number of rotatable bonds is 7. The molecule has 2 aromatic carbocycles. The Morgan fingerprint density at radius 3 is 2.29 bits per heavy atom. The van der Waals surface area contributed by atoms with E-state index in [1.807, 2.05) is 82.3 Å². The number of benzene rings is 2. The summed E-state index contributed by atoms with van der Waals surface area (Å²) in [6, 6.07) is 17.5. The van der Waals surface area contributed by atoms with Crippen molar-refractivity contribution in [3.8, 4) is 11.3 Å². The molecule has 0 aliphatic rings. The molecule has 0 bridgehead atoms. The summed E-state index contributed by atoms with van der Waals surface area (Å²) in [4.78, 5) is 31.0. The van der Waals surface area contributed by atoms with Gasteiger partial charge >= 0.3 is 0 Å². The lowest BCUT2D eigenvalue weighted by Crippen LogP contribution is -2.19. The Kier molecular flexibility index (Phi) is 7.51. The van der Waals surface area contributed by atoms with E-state index >= 15 is 0 Å². The number of aromatic nitrogens is 1. The van der Waals surface area contributed by atoms with E-state index < -0.39 is 0 Å². The minimum atomic E-state index is -0.0964. The normalized spacial score (nSPS) is 11.2. The van der Waals surface area contributed by atoms with Gasteiger partial charge in [-0.3, -0.25) is 9.59 Å². The molecule has 162 valence electrons. The Balaban J connectivity index is 1.50. The van der Waals surface area contributed by atoms with Crippen LogP contribution in [0.1, 0.15) is 32.1 Å². The summed E-state index contributed by atoms with van der Waals surface area (Å²) in [5.41, 5.74) is 2.65. The van der Waals surface area contributed by atoms with Crippen molar-refractivity contribution in [2.24, 2.45) is 5.41 Å². The van der Waals surface area contributed by atoms with Gasteiger partial charge in [0.1, 0.15) is 0 Å². The average Bonchev–Trinajstić information content (AvgIpc) is 3.06. The molecular weight excluding hydrogens is 426 g/mol. The average molecular weight is 454 g/mol. The number of carbonyl (C=O) groups excluding carboxylic acids is 2. The van der Waals surface area contributed by atoms with Crippen molar-refractivity contribution in [3.05, 3.63) is 59.5 Å². The van der Waals surface area contributed by atoms with E-state index in [0.29, 0.717) is 11.6 Å². The number of thiazole rings is 1. The van der Waals surface area contributed by atoms with Crippen molar-refractivity contribution < 1.29 is 9.59 Å². The molecule has 0 saturated carbocycles. The number of nitrogens with zero attached hydrogens (tertiary/aromatic N) is 1. The Morgan fingerprint density at radius 2 is 1.65 bits per heavy atom. The first-order valence-electron chi connectivity index (χ1n) is 10.0. The molecule has 2 N–H and O–H groups in total. The second kappa shape index (κ2) is 10.1. The van der Waals surface area contributed by atoms with Gasteiger partial charge in [-0.1, -0.05) is 51.1 Å². The zero-order chi connectivity index (χ0) is 22.4. The van der Waals surface area contributed by atoms with Gasteiger partial charge in [-0.05, 0) is 36.6 Å². The summed E-state index contributed by atoms with van der Waals surface area (Å²) >= 11 is 2.92. The molecule has 31 heavy (non-hydrogen) atoms. The molecule has 0 radical (unpaired) electrons. The van der Waals surface area contributed by atoms with E-state index in [9.17, 15) is 9.59 Å². The van der Waals surface area contributed by atoms with Gasteiger partial charge in [0.05, 0.1) is 11.4 Å². The fourth-order valence-corrected chi connectivity index (χ4v) is 4.49. The number of hydrogen-bond acceptors (Lipinski definition) is 5. The molecule has 0 unspecified atom stereocenters. The predicted molar refractivity (Wildman–Crippen MR) is 131 cm³/mol. The van der Waals surface area contributed by atoms with Crippen LogP contribution in [0.5, 0.6) is 0 Å². The predicted octanol–water partition coefficient (Wildman–Crippen LogP) is 6.22. The van der Waals surface area contributed by atoms with Crippen molar-refractivity contribution in [2.75, 3.05) is 16.4 Å². The summed E-state index contributed by atoms with van der Waals surface area (Å²) in [5.74, 6) is 0.191. The fourth-order valence-electron chi connectivity index (χ4n) is 2.94. The maximum atomic E-state index is 12.4. The first kappa shape index (κ1) is 23.0. The molecule has 1 heterocycles. The lowest BCUT2D eigenvalue weighted by atomic mass is 9.92. The third kappa shape index (κ3) is 7.22. The van der Waals surface area contributed by atoms with Crippen molar-refractivity contribution in [2.45, 2.75) is 39.0 Å². The molecule has 0 saturated heterocycles. The fraction of sp³-hybridized carbons (Fsp3) is 0.292. The summed E-state index contributed by atoms with van der Waals surface area (Å²) < 4.78 is 0. The smallest absolute Gasteiger partial charge is 0.236 e. The largest absolute Gasteiger partial charge is 0.326 e. The molecule has 3 aromatic rings. The molecule has 0 fully saturated rings. The standard InChI is InChI=1S/C24H27N3O2S2/c1-16-22(17-8-6-5-7-9-17)27-23(31-16)26-21(29)15-30-19-12-10-18(11-13-19)25-20(28)14-24(2,3)4/h5-13H,14-15H2,1-4H3,(H,25,28)(H,26,27,29). The highest BCUT2D eigenvalue weighted by molar-refractivity contribution is 8.00. The Hall–Kier alpha value is -2.64. The molecule has 5 nitrogen and oxygen atoms in total. The summed E-state index contributed by atoms with van der Waals surface area (Å²) in [7, 11) is 0. The number of aryl methyl sites for hydroxylation is 1. The maximum Gasteiger partial charge on any atom is 0.236 e. The van der Waals surface area contributed by atoms with E-state index in [0.717, 1.165) is 26.7 Å². The monoisotopic (exact) mass is 453 g/mol. The van der Waals surface area contributed by atoms with Crippen molar-refractivity contribution in [3.63, 3.8) is 0 Å². The number of hydrogen-bond donors (Lipinski definition) is 2. The van der Waals surface area contributed by atoms with Gasteiger partial charge in [-0.2, -0.15) is 0 Å². The van der Waals surface area contributed by atoms with Crippen LogP contribution < -0.4 is 10.6 Å². The van der Waals surface area contributed by atoms with Crippen molar-refractivity contribution in [1.29, 1.82) is 0 Å². The van der Waals surface area contributed by atoms with Crippen LogP contribution in [0.3, 0.4) is 0 Å². The lowest BCUT2D eigenvalue weighted by molar-refractivity contribution is -0.118.